The predicted octanol–water partition coefficient (Wildman–Crippen LogP) is 2.57. The minimum Gasteiger partial charge on any atom is -0.524 e. The summed E-state index contributed by atoms with van der Waals surface area (Å²) >= 11 is 0. The highest BCUT2D eigenvalue weighted by atomic mass is 28.3. The zero-order valence-corrected chi connectivity index (χ0v) is 17.2. The third kappa shape index (κ3) is 5.39. The Balaban J connectivity index is 2.68. The van der Waals surface area contributed by atoms with Gasteiger partial charge in [-0.1, -0.05) is 12.1 Å². The highest BCUT2D eigenvalue weighted by Crippen LogP contribution is 2.32. The second-order valence-electron chi connectivity index (χ2n) is 6.39. The first-order valence-electron chi connectivity index (χ1n) is 8.93. The summed E-state index contributed by atoms with van der Waals surface area (Å²) in [7, 11) is -2.63. The molecule has 2 rings (SSSR count). The van der Waals surface area contributed by atoms with Crippen LogP contribution < -0.4 is 0 Å². The first-order valence-corrected chi connectivity index (χ1v) is 10.5. The first-order chi connectivity index (χ1) is 14.6. The van der Waals surface area contributed by atoms with E-state index < -0.39 is 61.0 Å². The van der Waals surface area contributed by atoms with Crippen LogP contribution in [-0.4, -0.2) is 59.8 Å². The number of carboxylic acid groups (broad SMARTS) is 4. The third-order valence-corrected chi connectivity index (χ3v) is 5.84. The molecule has 162 valence electrons. The molecule has 0 atom stereocenters. The van der Waals surface area contributed by atoms with Crippen molar-refractivity contribution in [1.29, 1.82) is 0 Å². The van der Waals surface area contributed by atoms with E-state index >= 15 is 0 Å². The Morgan fingerprint density at radius 2 is 1.16 bits per heavy atom. The van der Waals surface area contributed by atoms with Gasteiger partial charge < -0.3 is 29.3 Å². The lowest BCUT2D eigenvalue weighted by Crippen LogP contribution is -2.16. The maximum atomic E-state index is 12.3. The summed E-state index contributed by atoms with van der Waals surface area (Å²) in [4.78, 5) is 45.7. The van der Waals surface area contributed by atoms with Crippen LogP contribution in [0.3, 0.4) is 0 Å². The molecule has 4 N–H and O–H groups in total. The van der Waals surface area contributed by atoms with Crippen LogP contribution in [0.5, 0.6) is 0 Å². The van der Waals surface area contributed by atoms with E-state index in [1.54, 1.807) is 6.92 Å². The van der Waals surface area contributed by atoms with Crippen LogP contribution in [0.2, 0.25) is 6.04 Å². The number of aromatic carboxylic acids is 4. The van der Waals surface area contributed by atoms with Crippen molar-refractivity contribution in [3.05, 3.63) is 69.8 Å². The fraction of sp³-hybridized carbons (Fsp3) is 0.200. The number of carbonyl (C=O) groups is 4. The van der Waals surface area contributed by atoms with Crippen molar-refractivity contribution in [3.63, 3.8) is 0 Å². The summed E-state index contributed by atoms with van der Waals surface area (Å²) in [6.07, 6.45) is 0. The zero-order chi connectivity index (χ0) is 23.3. The zero-order valence-electron chi connectivity index (χ0n) is 16.2. The lowest BCUT2D eigenvalue weighted by atomic mass is 9.88. The van der Waals surface area contributed by atoms with E-state index in [9.17, 15) is 44.1 Å². The second-order valence-corrected chi connectivity index (χ2v) is 7.83. The van der Waals surface area contributed by atoms with Gasteiger partial charge in [0.1, 0.15) is 0 Å². The van der Waals surface area contributed by atoms with E-state index in [0.717, 1.165) is 24.3 Å². The van der Waals surface area contributed by atoms with E-state index in [1.807, 2.05) is 0 Å². The third-order valence-electron chi connectivity index (χ3n) is 4.49. The minimum absolute atomic E-state index is 0.130. The molecule has 0 radical (unpaired) electrons. The summed E-state index contributed by atoms with van der Waals surface area (Å²) in [5.41, 5.74) is -1.35. The molecule has 0 unspecified atom stereocenters. The van der Waals surface area contributed by atoms with Crippen molar-refractivity contribution in [2.75, 3.05) is 6.61 Å². The van der Waals surface area contributed by atoms with Crippen molar-refractivity contribution in [2.24, 2.45) is 0 Å². The van der Waals surface area contributed by atoms with Gasteiger partial charge in [0.2, 0.25) is 0 Å². The average molecular weight is 446 g/mol. The van der Waals surface area contributed by atoms with Crippen molar-refractivity contribution >= 4 is 32.8 Å². The number of hydrogen-bond acceptors (Lipinski definition) is 6. The molecule has 0 aliphatic rings. The Bertz CT molecular complexity index is 1000. The lowest BCUT2D eigenvalue weighted by molar-refractivity contribution is 0.0651. The Morgan fingerprint density at radius 1 is 0.774 bits per heavy atom. The van der Waals surface area contributed by atoms with E-state index in [4.69, 9.17) is 4.43 Å². The maximum absolute atomic E-state index is 12.3. The van der Waals surface area contributed by atoms with Gasteiger partial charge in [-0.2, -0.15) is 0 Å². The Morgan fingerprint density at radius 3 is 1.48 bits per heavy atom. The van der Waals surface area contributed by atoms with E-state index in [0.29, 0.717) is 0 Å². The molecule has 0 aliphatic carbocycles. The van der Waals surface area contributed by atoms with Crippen LogP contribution in [0, 0.1) is 0 Å². The quantitative estimate of drug-likeness (QED) is 0.397. The van der Waals surface area contributed by atoms with Crippen LogP contribution in [-0.2, 0) is 8.89 Å². The van der Waals surface area contributed by atoms with Gasteiger partial charge in [0.05, 0.1) is 28.9 Å². The maximum Gasteiger partial charge on any atom is 0.503 e. The molecule has 0 spiro atoms. The molecule has 0 fully saturated rings. The first kappa shape index (κ1) is 23.4. The highest BCUT2D eigenvalue weighted by Gasteiger charge is 2.26. The van der Waals surface area contributed by atoms with Crippen molar-refractivity contribution in [1.82, 2.24) is 0 Å². The summed E-state index contributed by atoms with van der Waals surface area (Å²) in [6.45, 7) is 1.78. The molecule has 10 nitrogen and oxygen atoms in total. The SMILES string of the molecule is CCO[Si](=O)CC(c1ccc(C(=O)O)c(C(=O)O)c1)c1ccc(C(=O)O)c(C(=O)O)c1. The monoisotopic (exact) mass is 446 g/mol. The number of rotatable bonds is 10. The normalized spacial score (nSPS) is 10.5. The van der Waals surface area contributed by atoms with Gasteiger partial charge in [0.15, 0.2) is 0 Å². The molecule has 0 saturated carbocycles. The van der Waals surface area contributed by atoms with Crippen LogP contribution in [0.1, 0.15) is 65.4 Å². The van der Waals surface area contributed by atoms with Gasteiger partial charge >= 0.3 is 32.8 Å². The number of benzene rings is 2. The largest absolute Gasteiger partial charge is 0.524 e. The van der Waals surface area contributed by atoms with E-state index in [2.05, 4.69) is 0 Å². The van der Waals surface area contributed by atoms with Gasteiger partial charge in [-0.3, -0.25) is 0 Å². The Labute approximate surface area is 177 Å². The van der Waals surface area contributed by atoms with Crippen LogP contribution >= 0.6 is 0 Å². The smallest absolute Gasteiger partial charge is 0.503 e. The lowest BCUT2D eigenvalue weighted by Gasteiger charge is -2.19. The molecule has 2 aromatic rings. The molecule has 0 aliphatic heterocycles. The molecule has 2 aromatic carbocycles. The molecular formula is C20H18O10Si. The molecule has 0 bridgehead atoms. The summed E-state index contributed by atoms with van der Waals surface area (Å²) in [6, 6.07) is 6.97. The van der Waals surface area contributed by atoms with E-state index in [-0.39, 0.29) is 23.8 Å². The van der Waals surface area contributed by atoms with Gasteiger partial charge in [0, 0.05) is 12.0 Å². The standard InChI is InChI=1S/C20H18O10Si/c1-2-30-31(29)9-16(10-3-5-12(17(21)22)14(7-10)19(25)26)11-4-6-13(18(23)24)15(8-11)20(27)28/h3-8,16H,2,9H2,1H3,(H,21,22)(H,23,24)(H,25,26)(H,27,28). The summed E-state index contributed by atoms with van der Waals surface area (Å²) in [5.74, 6) is -6.68. The predicted molar refractivity (Wildman–Crippen MR) is 105 cm³/mol. The van der Waals surface area contributed by atoms with Crippen molar-refractivity contribution in [3.8, 4) is 0 Å². The van der Waals surface area contributed by atoms with E-state index in [1.165, 1.54) is 12.1 Å². The fourth-order valence-electron chi connectivity index (χ4n) is 3.10. The van der Waals surface area contributed by atoms with Crippen LogP contribution in [0.15, 0.2) is 36.4 Å². The summed E-state index contributed by atoms with van der Waals surface area (Å²) in [5, 5.41) is 37.2. The van der Waals surface area contributed by atoms with Crippen molar-refractivity contribution in [2.45, 2.75) is 18.9 Å². The average Bonchev–Trinajstić information content (AvgIpc) is 2.71. The number of hydrogen-bond donors (Lipinski definition) is 4. The topological polar surface area (TPSA) is 176 Å². The minimum atomic E-state index is -2.63. The molecular weight excluding hydrogens is 428 g/mol. The van der Waals surface area contributed by atoms with Crippen LogP contribution in [0.4, 0.5) is 0 Å². The number of carboxylic acids is 4. The van der Waals surface area contributed by atoms with Gasteiger partial charge in [-0.15, -0.1) is 0 Å². The molecule has 0 amide bonds. The summed E-state index contributed by atoms with van der Waals surface area (Å²) < 4.78 is 17.5. The fourth-order valence-corrected chi connectivity index (χ4v) is 4.34. The second kappa shape index (κ2) is 9.76. The highest BCUT2D eigenvalue weighted by molar-refractivity contribution is 6.35. The van der Waals surface area contributed by atoms with Gasteiger partial charge in [0.25, 0.3) is 0 Å². The molecule has 11 heteroatoms. The van der Waals surface area contributed by atoms with Crippen molar-refractivity contribution < 1.29 is 48.5 Å². The molecule has 31 heavy (non-hydrogen) atoms. The molecule has 0 saturated heterocycles. The van der Waals surface area contributed by atoms with Crippen LogP contribution in [0.25, 0.3) is 0 Å². The Hall–Kier alpha value is -3.86. The van der Waals surface area contributed by atoms with Gasteiger partial charge in [-0.25, -0.2) is 19.2 Å². The Kier molecular flexibility index (Phi) is 7.37. The van der Waals surface area contributed by atoms with Gasteiger partial charge in [-0.05, 0) is 42.3 Å². The molecule has 0 aromatic heterocycles. The molecule has 0 heterocycles.